The summed E-state index contributed by atoms with van der Waals surface area (Å²) in [5, 5.41) is 17.4. The van der Waals surface area contributed by atoms with Gasteiger partial charge >= 0.3 is 0 Å². The number of aliphatic hydroxyl groups is 1. The van der Waals surface area contributed by atoms with E-state index in [9.17, 15) is 9.90 Å². The number of nitrogens with one attached hydrogen (secondary N) is 3. The van der Waals surface area contributed by atoms with Crippen molar-refractivity contribution in [3.63, 3.8) is 0 Å². The third kappa shape index (κ3) is 5.38. The monoisotopic (exact) mass is 456 g/mol. The molecule has 1 amide bonds. The summed E-state index contributed by atoms with van der Waals surface area (Å²) in [4.78, 5) is 26.6. The predicted octanol–water partition coefficient (Wildman–Crippen LogP) is 3.04. The highest BCUT2D eigenvalue weighted by atomic mass is 35.5. The van der Waals surface area contributed by atoms with Crippen LogP contribution in [0.5, 0.6) is 0 Å². The van der Waals surface area contributed by atoms with Gasteiger partial charge in [-0.15, -0.1) is 0 Å². The first-order chi connectivity index (χ1) is 15.5. The Kier molecular flexibility index (Phi) is 7.24. The summed E-state index contributed by atoms with van der Waals surface area (Å²) < 4.78 is 0. The molecule has 1 aromatic carbocycles. The van der Waals surface area contributed by atoms with Crippen LogP contribution < -0.4 is 10.6 Å². The molecule has 32 heavy (non-hydrogen) atoms. The first-order valence-electron chi connectivity index (χ1n) is 11.0. The van der Waals surface area contributed by atoms with E-state index >= 15 is 0 Å². The van der Waals surface area contributed by atoms with Gasteiger partial charge in [-0.3, -0.25) is 4.79 Å². The molecular weight excluding hydrogens is 428 g/mol. The second-order valence-electron chi connectivity index (χ2n) is 8.25. The van der Waals surface area contributed by atoms with Crippen LogP contribution in [0.3, 0.4) is 0 Å². The molecule has 1 saturated heterocycles. The molecular formula is C23H29ClN6O2. The Hall–Kier alpha value is -2.68. The van der Waals surface area contributed by atoms with E-state index in [1.54, 1.807) is 13.1 Å². The molecule has 0 spiro atoms. The minimum atomic E-state index is -0.356. The van der Waals surface area contributed by atoms with Crippen molar-refractivity contribution in [2.75, 3.05) is 31.5 Å². The number of carbonyl (C=O) groups is 1. The number of fused-ring (bicyclic) bond motifs is 1. The number of nitrogens with zero attached hydrogens (tertiary/aromatic N) is 3. The Morgan fingerprint density at radius 3 is 2.91 bits per heavy atom. The smallest absolute Gasteiger partial charge is 0.236 e. The lowest BCUT2D eigenvalue weighted by Gasteiger charge is -2.32. The molecule has 0 radical (unpaired) electrons. The number of benzene rings is 1. The van der Waals surface area contributed by atoms with Crippen molar-refractivity contribution in [2.45, 2.75) is 38.3 Å². The summed E-state index contributed by atoms with van der Waals surface area (Å²) in [5.41, 5.74) is 2.67. The molecule has 3 aromatic rings. The van der Waals surface area contributed by atoms with Gasteiger partial charge in [-0.25, -0.2) is 9.97 Å². The van der Waals surface area contributed by atoms with E-state index in [1.165, 1.54) is 0 Å². The summed E-state index contributed by atoms with van der Waals surface area (Å²) in [6.07, 6.45) is 5.49. The summed E-state index contributed by atoms with van der Waals surface area (Å²) in [5.74, 6) is 0.637. The van der Waals surface area contributed by atoms with Gasteiger partial charge in [-0.05, 0) is 38.8 Å². The van der Waals surface area contributed by atoms with Gasteiger partial charge in [-0.2, -0.15) is 0 Å². The molecule has 3 heterocycles. The summed E-state index contributed by atoms with van der Waals surface area (Å²) >= 11 is 6.42. The van der Waals surface area contributed by atoms with Crippen molar-refractivity contribution in [2.24, 2.45) is 0 Å². The standard InChI is InChI=1S/C23H29ClN6O2/c1-15(31)6-9-25-14-21(32)30-10-7-16(8-11-30)28-23-27-13-19(24)22(29-23)18-12-26-20-5-3-2-4-17(18)20/h2-5,12-13,15-16,25-26,31H,6-11,14H2,1H3,(H,27,28,29). The average Bonchev–Trinajstić information content (AvgIpc) is 3.22. The van der Waals surface area contributed by atoms with Crippen molar-refractivity contribution < 1.29 is 9.90 Å². The van der Waals surface area contributed by atoms with Gasteiger partial charge < -0.3 is 25.6 Å². The predicted molar refractivity (Wildman–Crippen MR) is 127 cm³/mol. The lowest BCUT2D eigenvalue weighted by atomic mass is 10.1. The fourth-order valence-corrected chi connectivity index (χ4v) is 4.16. The normalized spacial score (nSPS) is 15.8. The number of piperidine rings is 1. The van der Waals surface area contributed by atoms with Crippen molar-refractivity contribution in [3.05, 3.63) is 41.7 Å². The molecule has 1 atom stereocenters. The zero-order valence-electron chi connectivity index (χ0n) is 18.1. The highest BCUT2D eigenvalue weighted by molar-refractivity contribution is 6.33. The first kappa shape index (κ1) is 22.5. The quantitative estimate of drug-likeness (QED) is 0.388. The third-order valence-corrected chi connectivity index (χ3v) is 6.06. The van der Waals surface area contributed by atoms with Crippen molar-refractivity contribution in [3.8, 4) is 11.3 Å². The molecule has 1 aliphatic heterocycles. The Labute approximate surface area is 192 Å². The van der Waals surface area contributed by atoms with E-state index in [2.05, 4.69) is 20.6 Å². The topological polar surface area (TPSA) is 106 Å². The molecule has 0 saturated carbocycles. The number of carbonyl (C=O) groups excluding carboxylic acids is 1. The van der Waals surface area contributed by atoms with Gasteiger partial charge in [0.1, 0.15) is 0 Å². The molecule has 1 fully saturated rings. The van der Waals surface area contributed by atoms with Gasteiger partial charge in [-0.1, -0.05) is 29.8 Å². The highest BCUT2D eigenvalue weighted by Gasteiger charge is 2.23. The number of anilines is 1. The fourth-order valence-electron chi connectivity index (χ4n) is 3.97. The van der Waals surface area contributed by atoms with E-state index in [-0.39, 0.29) is 18.1 Å². The van der Waals surface area contributed by atoms with Crippen LogP contribution in [-0.4, -0.2) is 69.2 Å². The van der Waals surface area contributed by atoms with E-state index in [1.807, 2.05) is 35.4 Å². The number of aromatic nitrogens is 3. The summed E-state index contributed by atoms with van der Waals surface area (Å²) in [6, 6.07) is 8.23. The maximum atomic E-state index is 12.4. The Morgan fingerprint density at radius 1 is 1.34 bits per heavy atom. The number of rotatable bonds is 8. The highest BCUT2D eigenvalue weighted by Crippen LogP contribution is 2.32. The molecule has 0 aliphatic carbocycles. The molecule has 2 aromatic heterocycles. The average molecular weight is 457 g/mol. The van der Waals surface area contributed by atoms with Crippen LogP contribution in [-0.2, 0) is 4.79 Å². The largest absolute Gasteiger partial charge is 0.393 e. The number of amides is 1. The summed E-state index contributed by atoms with van der Waals surface area (Å²) in [7, 11) is 0. The first-order valence-corrected chi connectivity index (χ1v) is 11.4. The zero-order chi connectivity index (χ0) is 22.5. The maximum absolute atomic E-state index is 12.4. The van der Waals surface area contributed by atoms with Crippen molar-refractivity contribution >= 4 is 34.4 Å². The SMILES string of the molecule is CC(O)CCNCC(=O)N1CCC(Nc2ncc(Cl)c(-c3c[nH]c4ccccc34)n2)CC1. The van der Waals surface area contributed by atoms with E-state index in [0.29, 0.717) is 49.3 Å². The van der Waals surface area contributed by atoms with Crippen molar-refractivity contribution in [1.29, 1.82) is 0 Å². The van der Waals surface area contributed by atoms with Gasteiger partial charge in [0.25, 0.3) is 0 Å². The Morgan fingerprint density at radius 2 is 2.12 bits per heavy atom. The number of likely N-dealkylation sites (tertiary alicyclic amines) is 1. The number of H-pyrrole nitrogens is 1. The number of hydrogen-bond donors (Lipinski definition) is 4. The van der Waals surface area contributed by atoms with Crippen LogP contribution >= 0.6 is 11.6 Å². The van der Waals surface area contributed by atoms with Gasteiger partial charge in [0.05, 0.1) is 29.6 Å². The van der Waals surface area contributed by atoms with Crippen LogP contribution in [0.1, 0.15) is 26.2 Å². The van der Waals surface area contributed by atoms with E-state index < -0.39 is 0 Å². The van der Waals surface area contributed by atoms with Crippen LogP contribution in [0.15, 0.2) is 36.7 Å². The number of hydrogen-bond acceptors (Lipinski definition) is 6. The minimum absolute atomic E-state index is 0.0957. The maximum Gasteiger partial charge on any atom is 0.236 e. The lowest BCUT2D eigenvalue weighted by Crippen LogP contribution is -2.45. The number of aliphatic hydroxyl groups excluding tert-OH is 1. The molecule has 9 heteroatoms. The van der Waals surface area contributed by atoms with Gasteiger partial charge in [0.15, 0.2) is 0 Å². The van der Waals surface area contributed by atoms with Crippen LogP contribution in [0.25, 0.3) is 22.2 Å². The van der Waals surface area contributed by atoms with Crippen LogP contribution in [0.4, 0.5) is 5.95 Å². The Balaban J connectivity index is 1.34. The van der Waals surface area contributed by atoms with Crippen molar-refractivity contribution in [1.82, 2.24) is 25.2 Å². The molecule has 4 rings (SSSR count). The molecule has 1 aliphatic rings. The summed E-state index contributed by atoms with van der Waals surface area (Å²) in [6.45, 7) is 4.07. The van der Waals surface area contributed by atoms with Gasteiger partial charge in [0.2, 0.25) is 11.9 Å². The number of aromatic amines is 1. The van der Waals surface area contributed by atoms with Crippen LogP contribution in [0, 0.1) is 0 Å². The number of para-hydroxylation sites is 1. The second kappa shape index (κ2) is 10.3. The fraction of sp³-hybridized carbons (Fsp3) is 0.435. The molecule has 170 valence electrons. The molecule has 0 bridgehead atoms. The van der Waals surface area contributed by atoms with E-state index in [0.717, 1.165) is 29.3 Å². The molecule has 8 nitrogen and oxygen atoms in total. The minimum Gasteiger partial charge on any atom is -0.393 e. The van der Waals surface area contributed by atoms with Crippen LogP contribution in [0.2, 0.25) is 5.02 Å². The zero-order valence-corrected chi connectivity index (χ0v) is 18.9. The lowest BCUT2D eigenvalue weighted by molar-refractivity contribution is -0.131. The molecule has 4 N–H and O–H groups in total. The van der Waals surface area contributed by atoms with Gasteiger partial charge in [0, 0.05) is 41.8 Å². The third-order valence-electron chi connectivity index (χ3n) is 5.78. The second-order valence-corrected chi connectivity index (χ2v) is 8.66. The molecule has 1 unspecified atom stereocenters. The number of halogens is 1. The Bertz CT molecular complexity index is 1060. The van der Waals surface area contributed by atoms with E-state index in [4.69, 9.17) is 16.6 Å².